The van der Waals surface area contributed by atoms with E-state index in [1.54, 1.807) is 24.5 Å². The molecule has 0 spiro atoms. The minimum Gasteiger partial charge on any atom is 0 e. The maximum atomic E-state index is 12.1. The van der Waals surface area contributed by atoms with E-state index in [4.69, 9.17) is 23.4 Å². The summed E-state index contributed by atoms with van der Waals surface area (Å²) in [5.74, 6) is 0.128. The van der Waals surface area contributed by atoms with Crippen molar-refractivity contribution < 1.29 is 57.4 Å². The van der Waals surface area contributed by atoms with Gasteiger partial charge >= 0.3 is 33.9 Å². The number of ketones is 1. The molecule has 44 heavy (non-hydrogen) atoms. The average molecular weight is 796 g/mol. The van der Waals surface area contributed by atoms with Crippen molar-refractivity contribution in [3.05, 3.63) is 110 Å². The van der Waals surface area contributed by atoms with Crippen LogP contribution in [0.5, 0.6) is 0 Å². The Morgan fingerprint density at radius 1 is 0.795 bits per heavy atom. The van der Waals surface area contributed by atoms with Crippen molar-refractivity contribution in [2.45, 2.75) is 32.4 Å². The summed E-state index contributed by atoms with van der Waals surface area (Å²) in [5, 5.41) is 0. The molecule has 235 valence electrons. The van der Waals surface area contributed by atoms with Gasteiger partial charge < -0.3 is 18.7 Å². The number of hydrogen-bond acceptors (Lipinski definition) is 8. The SMILES string of the molecule is O=C(CCOCCOCCN(Cc1ccccn1)Cc1ccccn1)CCc1ccc(NS(=O)[O-])cc1.[C-]#[O+].[C-]#[O+].[C-]#[O+].[Re]. The molecule has 2 heterocycles. The number of pyridine rings is 2. The monoisotopic (exact) mass is 796 g/mol. The molecule has 0 bridgehead atoms. The molecule has 0 saturated heterocycles. The van der Waals surface area contributed by atoms with Crippen molar-refractivity contribution in [2.75, 3.05) is 37.7 Å². The first-order valence-corrected chi connectivity index (χ1v) is 13.9. The fraction of sp³-hybridized carbons (Fsp3) is 0.333. The van der Waals surface area contributed by atoms with Crippen LogP contribution in [0.25, 0.3) is 0 Å². The topological polar surface area (TPSA) is 176 Å². The summed E-state index contributed by atoms with van der Waals surface area (Å²) in [7, 11) is 0. The van der Waals surface area contributed by atoms with Gasteiger partial charge in [-0.1, -0.05) is 24.3 Å². The van der Waals surface area contributed by atoms with Gasteiger partial charge in [0.15, 0.2) is 0 Å². The zero-order valence-corrected chi connectivity index (χ0v) is 27.4. The third kappa shape index (κ3) is 21.5. The minimum absolute atomic E-state index is 0. The van der Waals surface area contributed by atoms with Crippen LogP contribution >= 0.6 is 0 Å². The van der Waals surface area contributed by atoms with E-state index >= 15 is 0 Å². The van der Waals surface area contributed by atoms with Gasteiger partial charge in [-0.15, -0.1) is 0 Å². The van der Waals surface area contributed by atoms with E-state index in [0.717, 1.165) is 23.5 Å². The Bertz CT molecular complexity index is 1160. The summed E-state index contributed by atoms with van der Waals surface area (Å²) >= 11 is -2.34. The summed E-state index contributed by atoms with van der Waals surface area (Å²) in [5.41, 5.74) is 3.47. The molecule has 0 aliphatic heterocycles. The van der Waals surface area contributed by atoms with Crippen LogP contribution in [-0.2, 0) is 79.4 Å². The van der Waals surface area contributed by atoms with Crippen LogP contribution in [0.2, 0.25) is 0 Å². The summed E-state index contributed by atoms with van der Waals surface area (Å²) < 4.78 is 57.4. The number of benzene rings is 1. The predicted octanol–water partition coefficient (Wildman–Crippen LogP) is 3.19. The van der Waals surface area contributed by atoms with Gasteiger partial charge in [0.2, 0.25) is 0 Å². The van der Waals surface area contributed by atoms with E-state index in [2.05, 4.69) is 39.5 Å². The van der Waals surface area contributed by atoms with Crippen molar-refractivity contribution in [2.24, 2.45) is 0 Å². The number of ether oxygens (including phenoxy) is 2. The first-order valence-electron chi connectivity index (χ1n) is 12.8. The summed E-state index contributed by atoms with van der Waals surface area (Å²) in [6, 6.07) is 18.8. The zero-order chi connectivity index (χ0) is 32.1. The zero-order valence-electron chi connectivity index (χ0n) is 23.9. The first kappa shape index (κ1) is 43.0. The van der Waals surface area contributed by atoms with Crippen LogP contribution in [0.3, 0.4) is 0 Å². The van der Waals surface area contributed by atoms with Gasteiger partial charge in [0, 0.05) is 82.2 Å². The molecule has 0 saturated carbocycles. The molecule has 0 aliphatic rings. The standard InChI is InChI=1S/C27H34N4O5S.3CO.Re/c32-27(12-9-23-7-10-24(11-8-23)30-37(33)34)13-17-35-19-20-36-18-16-31(21-25-5-1-3-14-28-25)22-26-6-2-4-15-29-26;3*1-2;/h1-8,10-11,14-15,30H,9,12-13,16-22H2,(H,33,34);;;;/p-1. The van der Waals surface area contributed by atoms with Gasteiger partial charge in [0.1, 0.15) is 5.78 Å². The molecule has 1 radical (unpaired) electrons. The van der Waals surface area contributed by atoms with E-state index in [0.29, 0.717) is 64.5 Å². The maximum absolute atomic E-state index is 12.1. The Morgan fingerprint density at radius 3 is 1.80 bits per heavy atom. The van der Waals surface area contributed by atoms with Gasteiger partial charge in [-0.25, -0.2) is 0 Å². The van der Waals surface area contributed by atoms with Crippen molar-refractivity contribution in [1.29, 1.82) is 0 Å². The molecule has 0 amide bonds. The van der Waals surface area contributed by atoms with Crippen molar-refractivity contribution >= 4 is 22.7 Å². The Morgan fingerprint density at radius 2 is 1.32 bits per heavy atom. The second-order valence-corrected chi connectivity index (χ2v) is 9.07. The van der Waals surface area contributed by atoms with Crippen LogP contribution in [0, 0.1) is 20.0 Å². The van der Waals surface area contributed by atoms with E-state index in [-0.39, 0.29) is 26.2 Å². The van der Waals surface area contributed by atoms with Crippen LogP contribution in [0.1, 0.15) is 29.8 Å². The molecule has 1 atom stereocenters. The van der Waals surface area contributed by atoms with Gasteiger partial charge in [-0.05, 0) is 48.4 Å². The molecular formula is C30H33N4O8ReS-. The average Bonchev–Trinajstić information content (AvgIpc) is 3.05. The molecule has 2 aromatic heterocycles. The van der Waals surface area contributed by atoms with Gasteiger partial charge in [0.25, 0.3) is 0 Å². The Balaban J connectivity index is 0. The van der Waals surface area contributed by atoms with Crippen LogP contribution in [0.15, 0.2) is 73.1 Å². The minimum atomic E-state index is -2.34. The Kier molecular flexibility index (Phi) is 29.2. The second kappa shape index (κ2) is 29.9. The number of Topliss-reactive ketones (excluding diaryl/α,β-unsaturated/α-hetero) is 1. The Labute approximate surface area is 274 Å². The van der Waals surface area contributed by atoms with Gasteiger partial charge in [-0.3, -0.25) is 23.9 Å². The van der Waals surface area contributed by atoms with E-state index in [1.165, 1.54) is 0 Å². The molecule has 1 N–H and O–H groups in total. The molecule has 12 nitrogen and oxygen atoms in total. The number of aryl methyl sites for hydroxylation is 1. The third-order valence-electron chi connectivity index (χ3n) is 5.52. The molecule has 0 fully saturated rings. The van der Waals surface area contributed by atoms with Crippen LogP contribution in [0.4, 0.5) is 5.69 Å². The second-order valence-electron chi connectivity index (χ2n) is 8.40. The maximum Gasteiger partial charge on any atom is 0 e. The van der Waals surface area contributed by atoms with Crippen molar-refractivity contribution in [3.63, 3.8) is 0 Å². The largest absolute Gasteiger partial charge is 0 e. The summed E-state index contributed by atoms with van der Waals surface area (Å²) in [4.78, 5) is 23.2. The van der Waals surface area contributed by atoms with Crippen LogP contribution in [-0.4, -0.2) is 62.4 Å². The summed E-state index contributed by atoms with van der Waals surface area (Å²) in [6.45, 7) is 17.5. The number of carbonyl (C=O) groups is 1. The van der Waals surface area contributed by atoms with E-state index < -0.39 is 11.3 Å². The quantitative estimate of drug-likeness (QED) is 0.0884. The smallest absolute Gasteiger partial charge is 0 e. The molecular weight excluding hydrogens is 763 g/mol. The molecule has 0 aliphatic carbocycles. The van der Waals surface area contributed by atoms with Gasteiger partial charge in [0.05, 0.1) is 37.8 Å². The Hall–Kier alpha value is -3.14. The van der Waals surface area contributed by atoms with E-state index in [9.17, 15) is 13.6 Å². The van der Waals surface area contributed by atoms with Crippen molar-refractivity contribution in [1.82, 2.24) is 14.9 Å². The van der Waals surface area contributed by atoms with E-state index in [1.807, 2.05) is 48.5 Å². The van der Waals surface area contributed by atoms with Gasteiger partial charge in [-0.2, -0.15) is 0 Å². The summed E-state index contributed by atoms with van der Waals surface area (Å²) in [6.07, 6.45) is 4.98. The molecule has 3 aromatic rings. The number of hydrogen-bond donors (Lipinski definition) is 1. The number of carbonyl (C=O) groups excluding carboxylic acids is 1. The predicted molar refractivity (Wildman–Crippen MR) is 153 cm³/mol. The fourth-order valence-corrected chi connectivity index (χ4v) is 3.93. The number of nitrogens with zero attached hydrogens (tertiary/aromatic N) is 3. The fourth-order valence-electron chi connectivity index (χ4n) is 3.60. The normalized spacial score (nSPS) is 10.2. The molecule has 1 unspecified atom stereocenters. The van der Waals surface area contributed by atoms with Crippen LogP contribution < -0.4 is 4.72 Å². The molecule has 14 heteroatoms. The number of nitrogens with one attached hydrogen (secondary N) is 1. The number of anilines is 1. The third-order valence-corrected chi connectivity index (χ3v) is 5.92. The number of rotatable bonds is 18. The first-order chi connectivity index (χ1) is 21.1. The molecule has 3 rings (SSSR count). The molecule has 1 aromatic carbocycles. The number of aromatic nitrogens is 2. The van der Waals surface area contributed by atoms with Crippen molar-refractivity contribution in [3.8, 4) is 0 Å².